The summed E-state index contributed by atoms with van der Waals surface area (Å²) in [6.07, 6.45) is 0. The van der Waals surface area contributed by atoms with E-state index >= 15 is 0 Å². The van der Waals surface area contributed by atoms with Crippen LogP contribution in [0, 0.1) is 5.82 Å². The number of rotatable bonds is 8. The highest BCUT2D eigenvalue weighted by atomic mass is 32.2. The van der Waals surface area contributed by atoms with Crippen LogP contribution >= 0.6 is 0 Å². The molecule has 0 unspecified atom stereocenters. The number of carbonyl (C=O) groups excluding carboxylic acids is 1. The summed E-state index contributed by atoms with van der Waals surface area (Å²) in [6, 6.07) is 18.2. The van der Waals surface area contributed by atoms with Crippen molar-refractivity contribution in [2.24, 2.45) is 0 Å². The molecule has 0 bridgehead atoms. The zero-order valence-electron chi connectivity index (χ0n) is 18.1. The predicted octanol–water partition coefficient (Wildman–Crippen LogP) is 4.79. The quantitative estimate of drug-likeness (QED) is 0.529. The lowest BCUT2D eigenvalue weighted by Gasteiger charge is -2.24. The van der Waals surface area contributed by atoms with Crippen LogP contribution in [0.2, 0.25) is 0 Å². The molecule has 0 aliphatic carbocycles. The van der Waals surface area contributed by atoms with Gasteiger partial charge in [0.1, 0.15) is 18.1 Å². The molecule has 3 rings (SSSR count). The molecule has 6 nitrogen and oxygen atoms in total. The van der Waals surface area contributed by atoms with Crippen molar-refractivity contribution in [1.82, 2.24) is 0 Å². The fourth-order valence-electron chi connectivity index (χ4n) is 3.23. The Kier molecular flexibility index (Phi) is 7.15. The maximum Gasteiger partial charge on any atom is 0.264 e. The average molecular weight is 457 g/mol. The molecule has 0 aliphatic heterocycles. The first-order valence-corrected chi connectivity index (χ1v) is 11.5. The number of carbonyl (C=O) groups is 1. The third-order valence-corrected chi connectivity index (χ3v) is 6.69. The van der Waals surface area contributed by atoms with Gasteiger partial charge in [0.25, 0.3) is 10.0 Å². The maximum absolute atomic E-state index is 13.5. The molecule has 3 aromatic rings. The number of ether oxygens (including phenoxy) is 1. The van der Waals surface area contributed by atoms with Gasteiger partial charge in [0.2, 0.25) is 5.91 Å². The number of amides is 1. The number of halogens is 1. The normalized spacial score (nSPS) is 11.3. The van der Waals surface area contributed by atoms with Gasteiger partial charge in [-0.1, -0.05) is 32.0 Å². The lowest BCUT2D eigenvalue weighted by atomic mass is 10.0. The van der Waals surface area contributed by atoms with E-state index in [2.05, 4.69) is 5.32 Å². The molecule has 0 saturated carbocycles. The summed E-state index contributed by atoms with van der Waals surface area (Å²) in [5.41, 5.74) is 1.73. The Hall–Kier alpha value is -3.39. The van der Waals surface area contributed by atoms with Crippen LogP contribution in [0.4, 0.5) is 15.8 Å². The van der Waals surface area contributed by atoms with E-state index < -0.39 is 28.3 Å². The van der Waals surface area contributed by atoms with Gasteiger partial charge in [-0.05, 0) is 66.1 Å². The monoisotopic (exact) mass is 456 g/mol. The minimum atomic E-state index is -4.11. The number of anilines is 2. The Balaban J connectivity index is 1.95. The second-order valence-corrected chi connectivity index (χ2v) is 9.32. The number of hydrogen-bond donors (Lipinski definition) is 1. The number of benzene rings is 3. The topological polar surface area (TPSA) is 75.7 Å². The molecule has 0 aromatic heterocycles. The highest BCUT2D eigenvalue weighted by Crippen LogP contribution is 2.27. The van der Waals surface area contributed by atoms with Gasteiger partial charge < -0.3 is 10.1 Å². The summed E-state index contributed by atoms with van der Waals surface area (Å²) in [7, 11) is -2.63. The van der Waals surface area contributed by atoms with Gasteiger partial charge in [-0.2, -0.15) is 0 Å². The summed E-state index contributed by atoms with van der Waals surface area (Å²) < 4.78 is 46.3. The molecule has 0 atom stereocenters. The molecule has 0 heterocycles. The Morgan fingerprint density at radius 1 is 1.00 bits per heavy atom. The third-order valence-electron chi connectivity index (χ3n) is 4.91. The van der Waals surface area contributed by atoms with Crippen LogP contribution in [0.3, 0.4) is 0 Å². The van der Waals surface area contributed by atoms with Crippen molar-refractivity contribution >= 4 is 27.3 Å². The van der Waals surface area contributed by atoms with Crippen LogP contribution in [-0.2, 0) is 14.8 Å². The molecule has 1 amide bonds. The fourth-order valence-corrected chi connectivity index (χ4v) is 4.65. The van der Waals surface area contributed by atoms with E-state index in [1.165, 1.54) is 43.5 Å². The second-order valence-electron chi connectivity index (χ2n) is 7.45. The van der Waals surface area contributed by atoms with Crippen LogP contribution in [0.5, 0.6) is 5.75 Å². The Morgan fingerprint density at radius 2 is 1.62 bits per heavy atom. The summed E-state index contributed by atoms with van der Waals surface area (Å²) in [5, 5.41) is 2.81. The van der Waals surface area contributed by atoms with Crippen molar-refractivity contribution in [2.75, 3.05) is 23.3 Å². The van der Waals surface area contributed by atoms with Crippen molar-refractivity contribution in [2.45, 2.75) is 24.7 Å². The van der Waals surface area contributed by atoms with Crippen molar-refractivity contribution in [1.29, 1.82) is 0 Å². The SMILES string of the molecule is COc1ccc(S(=O)(=O)N(CC(=O)Nc2ccccc2C(C)C)c2ccc(F)cc2)cc1. The van der Waals surface area contributed by atoms with E-state index in [1.807, 2.05) is 26.0 Å². The number of hydrogen-bond acceptors (Lipinski definition) is 4. The van der Waals surface area contributed by atoms with Crippen molar-refractivity contribution < 1.29 is 22.3 Å². The molecular formula is C24H25FN2O4S. The average Bonchev–Trinajstić information content (AvgIpc) is 2.78. The van der Waals surface area contributed by atoms with Gasteiger partial charge in [0, 0.05) is 5.69 Å². The fraction of sp³-hybridized carbons (Fsp3) is 0.208. The summed E-state index contributed by atoms with van der Waals surface area (Å²) in [4.78, 5) is 12.9. The van der Waals surface area contributed by atoms with Gasteiger partial charge in [-0.15, -0.1) is 0 Å². The Labute approximate surface area is 187 Å². The van der Waals surface area contributed by atoms with Crippen molar-refractivity contribution in [3.05, 3.63) is 84.2 Å². The number of nitrogens with zero attached hydrogens (tertiary/aromatic N) is 1. The van der Waals surface area contributed by atoms with E-state index in [0.717, 1.165) is 22.0 Å². The molecular weight excluding hydrogens is 431 g/mol. The van der Waals surface area contributed by atoms with Crippen LogP contribution in [0.1, 0.15) is 25.3 Å². The maximum atomic E-state index is 13.5. The highest BCUT2D eigenvalue weighted by molar-refractivity contribution is 7.92. The number of sulfonamides is 1. The van der Waals surface area contributed by atoms with E-state index in [0.29, 0.717) is 11.4 Å². The zero-order valence-corrected chi connectivity index (χ0v) is 18.9. The first-order chi connectivity index (χ1) is 15.2. The van der Waals surface area contributed by atoms with Gasteiger partial charge >= 0.3 is 0 Å². The summed E-state index contributed by atoms with van der Waals surface area (Å²) >= 11 is 0. The standard InChI is InChI=1S/C24H25FN2O4S/c1-17(2)22-6-4-5-7-23(22)26-24(28)16-27(19-10-8-18(25)9-11-19)32(29,30)21-14-12-20(31-3)13-15-21/h4-15,17H,16H2,1-3H3,(H,26,28). The number of nitrogens with one attached hydrogen (secondary N) is 1. The molecule has 0 radical (unpaired) electrons. The van der Waals surface area contributed by atoms with Crippen molar-refractivity contribution in [3.63, 3.8) is 0 Å². The van der Waals surface area contributed by atoms with Crippen LogP contribution in [0.25, 0.3) is 0 Å². The molecule has 0 aliphatic rings. The predicted molar refractivity (Wildman–Crippen MR) is 123 cm³/mol. The molecule has 0 spiro atoms. The molecule has 1 N–H and O–H groups in total. The molecule has 8 heteroatoms. The van der Waals surface area contributed by atoms with Crippen molar-refractivity contribution in [3.8, 4) is 5.75 Å². The number of para-hydroxylation sites is 1. The number of methoxy groups -OCH3 is 1. The van der Waals surface area contributed by atoms with E-state index in [-0.39, 0.29) is 16.5 Å². The van der Waals surface area contributed by atoms with E-state index in [4.69, 9.17) is 4.74 Å². The Morgan fingerprint density at radius 3 is 2.22 bits per heavy atom. The van der Waals surface area contributed by atoms with Crippen LogP contribution in [-0.4, -0.2) is 28.0 Å². The summed E-state index contributed by atoms with van der Waals surface area (Å²) in [5.74, 6) is -0.353. The van der Waals surface area contributed by atoms with Gasteiger partial charge in [-0.3, -0.25) is 9.10 Å². The third kappa shape index (κ3) is 5.26. The lowest BCUT2D eigenvalue weighted by Crippen LogP contribution is -2.38. The molecule has 168 valence electrons. The first-order valence-electron chi connectivity index (χ1n) is 10.0. The first kappa shape index (κ1) is 23.3. The largest absolute Gasteiger partial charge is 0.497 e. The molecule has 3 aromatic carbocycles. The minimum absolute atomic E-state index is 0.0157. The van der Waals surface area contributed by atoms with Gasteiger partial charge in [-0.25, -0.2) is 12.8 Å². The van der Waals surface area contributed by atoms with E-state index in [9.17, 15) is 17.6 Å². The molecule has 32 heavy (non-hydrogen) atoms. The minimum Gasteiger partial charge on any atom is -0.497 e. The second kappa shape index (κ2) is 9.82. The van der Waals surface area contributed by atoms with Gasteiger partial charge in [0.15, 0.2) is 0 Å². The lowest BCUT2D eigenvalue weighted by molar-refractivity contribution is -0.114. The summed E-state index contributed by atoms with van der Waals surface area (Å²) in [6.45, 7) is 3.53. The molecule has 0 saturated heterocycles. The Bertz CT molecular complexity index is 1180. The van der Waals surface area contributed by atoms with Crippen LogP contribution in [0.15, 0.2) is 77.7 Å². The van der Waals surface area contributed by atoms with Gasteiger partial charge in [0.05, 0.1) is 17.7 Å². The molecule has 0 fully saturated rings. The van der Waals surface area contributed by atoms with Crippen LogP contribution < -0.4 is 14.4 Å². The zero-order chi connectivity index (χ0) is 23.3. The van der Waals surface area contributed by atoms with E-state index in [1.54, 1.807) is 12.1 Å². The smallest absolute Gasteiger partial charge is 0.264 e. The highest BCUT2D eigenvalue weighted by Gasteiger charge is 2.27.